The summed E-state index contributed by atoms with van der Waals surface area (Å²) in [5.41, 5.74) is 1.10. The van der Waals surface area contributed by atoms with Gasteiger partial charge in [0.15, 0.2) is 0 Å². The number of non-ortho nitro benzene ring substituents is 2. The van der Waals surface area contributed by atoms with Crippen molar-refractivity contribution >= 4 is 17.5 Å². The maximum atomic E-state index is 12.6. The summed E-state index contributed by atoms with van der Waals surface area (Å²) < 4.78 is 10.8. The zero-order valence-electron chi connectivity index (χ0n) is 18.0. The van der Waals surface area contributed by atoms with Crippen LogP contribution in [0.4, 0.5) is 16.2 Å². The quantitative estimate of drug-likeness (QED) is 0.221. The monoisotopic (exact) mass is 440 g/mol. The molecule has 168 valence electrons. The molecular weight excluding hydrogens is 416 g/mol. The predicted molar refractivity (Wildman–Crippen MR) is 115 cm³/mol. The Kier molecular flexibility index (Phi) is 5.36. The smallest absolute Gasteiger partial charge is 0.394 e. The van der Waals surface area contributed by atoms with E-state index in [1.165, 1.54) is 36.4 Å². The molecule has 0 aromatic heterocycles. The van der Waals surface area contributed by atoms with Gasteiger partial charge >= 0.3 is 6.16 Å². The molecule has 0 heterocycles. The topological polar surface area (TPSA) is 122 Å². The minimum atomic E-state index is -0.989. The first kappa shape index (κ1) is 21.7. The molecule has 0 unspecified atom stereocenters. The van der Waals surface area contributed by atoms with Gasteiger partial charge in [-0.2, -0.15) is 0 Å². The minimum absolute atomic E-state index is 0.0441. The number of rotatable bonds is 8. The third-order valence-corrected chi connectivity index (χ3v) is 6.34. The Morgan fingerprint density at radius 1 is 0.812 bits per heavy atom. The molecular formula is C23H24N2O7. The van der Waals surface area contributed by atoms with Crippen LogP contribution in [-0.2, 0) is 12.8 Å². The molecule has 2 aromatic carbocycles. The summed E-state index contributed by atoms with van der Waals surface area (Å²) >= 11 is 0. The molecule has 0 aliphatic heterocycles. The van der Waals surface area contributed by atoms with E-state index in [1.807, 2.05) is 0 Å². The second-order valence-electron chi connectivity index (χ2n) is 9.53. The lowest BCUT2D eigenvalue weighted by Crippen LogP contribution is -2.17. The molecule has 0 atom stereocenters. The molecule has 2 saturated carbocycles. The lowest BCUT2D eigenvalue weighted by Gasteiger charge is -2.15. The fraction of sp³-hybridized carbons (Fsp3) is 0.435. The Morgan fingerprint density at radius 2 is 1.19 bits per heavy atom. The summed E-state index contributed by atoms with van der Waals surface area (Å²) in [5, 5.41) is 22.3. The summed E-state index contributed by atoms with van der Waals surface area (Å²) in [6.07, 6.45) is 4.14. The molecule has 2 aromatic rings. The lowest BCUT2D eigenvalue weighted by atomic mass is 9.97. The van der Waals surface area contributed by atoms with E-state index in [9.17, 15) is 25.0 Å². The summed E-state index contributed by atoms with van der Waals surface area (Å²) in [6, 6.07) is 8.24. The first-order valence-corrected chi connectivity index (χ1v) is 10.5. The molecule has 2 aliphatic carbocycles. The van der Waals surface area contributed by atoms with Crippen molar-refractivity contribution in [3.8, 4) is 11.5 Å². The standard InChI is InChI=1S/C23H24N2O7/c1-22(7-8-22)13-15-11-17(24(27)28)3-5-19(15)31-21(26)32-20-6-4-18(25(29)30)12-16(20)14-23(2)9-10-23/h3-6,11-12H,7-10,13-14H2,1-2H3. The average molecular weight is 440 g/mol. The maximum absolute atomic E-state index is 12.6. The lowest BCUT2D eigenvalue weighted by molar-refractivity contribution is -0.385. The van der Waals surface area contributed by atoms with Crippen molar-refractivity contribution in [3.63, 3.8) is 0 Å². The summed E-state index contributed by atoms with van der Waals surface area (Å²) in [5.74, 6) is 0.428. The van der Waals surface area contributed by atoms with Crippen LogP contribution >= 0.6 is 0 Å². The van der Waals surface area contributed by atoms with E-state index in [0.29, 0.717) is 24.0 Å². The van der Waals surface area contributed by atoms with Crippen LogP contribution in [0.25, 0.3) is 0 Å². The third-order valence-electron chi connectivity index (χ3n) is 6.34. The highest BCUT2D eigenvalue weighted by molar-refractivity contribution is 5.69. The molecule has 0 N–H and O–H groups in total. The van der Waals surface area contributed by atoms with Crippen LogP contribution in [-0.4, -0.2) is 16.0 Å². The van der Waals surface area contributed by atoms with Crippen molar-refractivity contribution in [2.75, 3.05) is 0 Å². The summed E-state index contributed by atoms with van der Waals surface area (Å²) in [7, 11) is 0. The number of hydrogen-bond donors (Lipinski definition) is 0. The zero-order chi connectivity index (χ0) is 23.1. The van der Waals surface area contributed by atoms with Gasteiger partial charge in [0.2, 0.25) is 0 Å². The van der Waals surface area contributed by atoms with Crippen LogP contribution in [0.3, 0.4) is 0 Å². The molecule has 0 radical (unpaired) electrons. The number of nitrogens with zero attached hydrogens (tertiary/aromatic N) is 2. The molecule has 2 fully saturated rings. The SMILES string of the molecule is CC1(Cc2cc([N+](=O)[O-])ccc2OC(=O)Oc2ccc([N+](=O)[O-])cc2CC2(C)CC2)CC1. The molecule has 0 spiro atoms. The predicted octanol–water partition coefficient (Wildman–Crippen LogP) is 5.77. The van der Waals surface area contributed by atoms with Crippen LogP contribution in [0, 0.1) is 31.1 Å². The van der Waals surface area contributed by atoms with Crippen molar-refractivity contribution in [2.45, 2.75) is 52.4 Å². The van der Waals surface area contributed by atoms with Gasteiger partial charge in [-0.15, -0.1) is 0 Å². The first-order chi connectivity index (χ1) is 15.1. The molecule has 0 amide bonds. The van der Waals surface area contributed by atoms with Crippen molar-refractivity contribution in [1.29, 1.82) is 0 Å². The van der Waals surface area contributed by atoms with E-state index in [2.05, 4.69) is 13.8 Å². The van der Waals surface area contributed by atoms with E-state index < -0.39 is 16.0 Å². The summed E-state index contributed by atoms with van der Waals surface area (Å²) in [6.45, 7) is 4.16. The van der Waals surface area contributed by atoms with Crippen molar-refractivity contribution < 1.29 is 24.1 Å². The molecule has 2 aliphatic rings. The van der Waals surface area contributed by atoms with Gasteiger partial charge in [-0.25, -0.2) is 4.79 Å². The Hall–Kier alpha value is -3.49. The van der Waals surface area contributed by atoms with Crippen LogP contribution in [0.15, 0.2) is 36.4 Å². The van der Waals surface area contributed by atoms with Crippen molar-refractivity contribution in [1.82, 2.24) is 0 Å². The Morgan fingerprint density at radius 3 is 1.50 bits per heavy atom. The van der Waals surface area contributed by atoms with E-state index in [1.54, 1.807) is 0 Å². The van der Waals surface area contributed by atoms with Crippen LogP contribution in [0.1, 0.15) is 50.7 Å². The number of benzene rings is 2. The molecule has 9 nitrogen and oxygen atoms in total. The minimum Gasteiger partial charge on any atom is -0.394 e. The van der Waals surface area contributed by atoms with Crippen LogP contribution < -0.4 is 9.47 Å². The van der Waals surface area contributed by atoms with E-state index in [0.717, 1.165) is 25.7 Å². The van der Waals surface area contributed by atoms with Gasteiger partial charge in [0.1, 0.15) is 11.5 Å². The molecule has 9 heteroatoms. The van der Waals surface area contributed by atoms with E-state index in [-0.39, 0.29) is 33.7 Å². The van der Waals surface area contributed by atoms with Crippen molar-refractivity contribution in [3.05, 3.63) is 67.8 Å². The molecule has 0 saturated heterocycles. The molecule has 32 heavy (non-hydrogen) atoms. The largest absolute Gasteiger partial charge is 0.519 e. The third kappa shape index (κ3) is 5.04. The molecule has 0 bridgehead atoms. The zero-order valence-corrected chi connectivity index (χ0v) is 18.0. The number of hydrogen-bond acceptors (Lipinski definition) is 7. The fourth-order valence-electron chi connectivity index (χ4n) is 3.73. The number of carbonyl (C=O) groups is 1. The highest BCUT2D eigenvalue weighted by atomic mass is 16.7. The second kappa shape index (κ2) is 7.89. The highest BCUT2D eigenvalue weighted by Gasteiger charge is 2.39. The Bertz CT molecular complexity index is 1020. The van der Waals surface area contributed by atoms with Gasteiger partial charge < -0.3 is 9.47 Å². The average Bonchev–Trinajstić information content (AvgIpc) is 3.63. The van der Waals surface area contributed by atoms with E-state index >= 15 is 0 Å². The van der Waals surface area contributed by atoms with Gasteiger partial charge in [-0.3, -0.25) is 20.2 Å². The maximum Gasteiger partial charge on any atom is 0.519 e. The highest BCUT2D eigenvalue weighted by Crippen LogP contribution is 2.50. The van der Waals surface area contributed by atoms with Gasteiger partial charge in [0.25, 0.3) is 11.4 Å². The normalized spacial score (nSPS) is 17.3. The Labute approximate surface area is 184 Å². The van der Waals surface area contributed by atoms with Crippen molar-refractivity contribution in [2.24, 2.45) is 10.8 Å². The van der Waals surface area contributed by atoms with Gasteiger partial charge in [0, 0.05) is 35.4 Å². The van der Waals surface area contributed by atoms with Crippen LogP contribution in [0.2, 0.25) is 0 Å². The summed E-state index contributed by atoms with van der Waals surface area (Å²) in [4.78, 5) is 33.9. The number of nitro benzene ring substituents is 2. The molecule has 4 rings (SSSR count). The van der Waals surface area contributed by atoms with Gasteiger partial charge in [0.05, 0.1) is 9.85 Å². The fourth-order valence-corrected chi connectivity index (χ4v) is 3.73. The van der Waals surface area contributed by atoms with Gasteiger partial charge in [-0.05, 0) is 61.5 Å². The number of ether oxygens (including phenoxy) is 2. The number of carbonyl (C=O) groups excluding carboxylic acids is 1. The Balaban J connectivity index is 1.55. The van der Waals surface area contributed by atoms with E-state index in [4.69, 9.17) is 9.47 Å². The number of nitro groups is 2. The second-order valence-corrected chi connectivity index (χ2v) is 9.53. The van der Waals surface area contributed by atoms with Gasteiger partial charge in [-0.1, -0.05) is 13.8 Å². The van der Waals surface area contributed by atoms with Crippen LogP contribution in [0.5, 0.6) is 11.5 Å². The first-order valence-electron chi connectivity index (χ1n) is 10.5.